The van der Waals surface area contributed by atoms with Crippen LogP contribution in [0.4, 0.5) is 11.8 Å². The number of aryl methyl sites for hydroxylation is 1. The molecule has 29 heavy (non-hydrogen) atoms. The van der Waals surface area contributed by atoms with Gasteiger partial charge in [-0.15, -0.1) is 0 Å². The molecule has 0 unspecified atom stereocenters. The van der Waals surface area contributed by atoms with Crippen LogP contribution in [0.3, 0.4) is 0 Å². The second-order valence-electron chi connectivity index (χ2n) is 8.52. The summed E-state index contributed by atoms with van der Waals surface area (Å²) in [5, 5.41) is 8.04. The largest absolute Gasteiger partial charge is 0.368 e. The molecule has 0 saturated carbocycles. The first kappa shape index (κ1) is 18.4. The van der Waals surface area contributed by atoms with E-state index in [1.54, 1.807) is 0 Å². The third-order valence-electron chi connectivity index (χ3n) is 6.20. The Kier molecular flexibility index (Phi) is 4.61. The molecule has 9 heteroatoms. The van der Waals surface area contributed by atoms with E-state index in [-0.39, 0.29) is 17.9 Å². The molecule has 5 rings (SSSR count). The molecule has 1 amide bonds. The van der Waals surface area contributed by atoms with Crippen LogP contribution in [0.25, 0.3) is 0 Å². The van der Waals surface area contributed by atoms with Crippen LogP contribution in [0.2, 0.25) is 0 Å². The average Bonchev–Trinajstić information content (AvgIpc) is 2.89. The number of hydrogen-bond donors (Lipinski definition) is 2. The maximum atomic E-state index is 12.3. The number of amides is 1. The Morgan fingerprint density at radius 1 is 1.21 bits per heavy atom. The lowest BCUT2D eigenvalue weighted by Crippen LogP contribution is -2.38. The van der Waals surface area contributed by atoms with E-state index in [0.29, 0.717) is 5.95 Å². The summed E-state index contributed by atoms with van der Waals surface area (Å²) in [5.41, 5.74) is 8.97. The second-order valence-corrected chi connectivity index (χ2v) is 8.52. The van der Waals surface area contributed by atoms with Gasteiger partial charge < -0.3 is 16.0 Å². The minimum atomic E-state index is 0.113. The summed E-state index contributed by atoms with van der Waals surface area (Å²) in [5.74, 6) is 1.53. The number of nitrogen functional groups attached to an aromatic ring is 1. The van der Waals surface area contributed by atoms with Crippen LogP contribution in [-0.2, 0) is 24.4 Å². The molecule has 3 N–H and O–H groups in total. The van der Waals surface area contributed by atoms with E-state index in [4.69, 9.17) is 10.8 Å². The van der Waals surface area contributed by atoms with Crippen LogP contribution >= 0.6 is 0 Å². The Morgan fingerprint density at radius 3 is 2.97 bits per heavy atom. The minimum Gasteiger partial charge on any atom is -0.368 e. The lowest BCUT2D eigenvalue weighted by atomic mass is 9.99. The van der Waals surface area contributed by atoms with Crippen LogP contribution in [0.15, 0.2) is 12.1 Å². The van der Waals surface area contributed by atoms with Gasteiger partial charge in [-0.05, 0) is 25.8 Å². The van der Waals surface area contributed by atoms with Crippen molar-refractivity contribution in [3.05, 3.63) is 29.2 Å². The fourth-order valence-electron chi connectivity index (χ4n) is 4.84. The highest BCUT2D eigenvalue weighted by molar-refractivity contribution is 5.79. The standard InChI is InChI=1S/C20H28N8O/c1-13-7-18(24-20(21)22-13)27-5-6-28-17(12-27)8-16(25-28)11-26-9-14-3-2-4-15(10-26)23-19(14)29/h7-8,14-15H,2-6,9-12H2,1H3,(H,23,29)(H2,21,22,24)/t14-,15+/m0/s1. The van der Waals surface area contributed by atoms with Gasteiger partial charge in [0, 0.05) is 44.0 Å². The number of nitrogens with zero attached hydrogens (tertiary/aromatic N) is 6. The number of hydrogen-bond acceptors (Lipinski definition) is 7. The zero-order valence-electron chi connectivity index (χ0n) is 16.8. The summed E-state index contributed by atoms with van der Waals surface area (Å²) in [4.78, 5) is 25.5. The van der Waals surface area contributed by atoms with E-state index >= 15 is 0 Å². The molecule has 0 aromatic carbocycles. The van der Waals surface area contributed by atoms with Crippen LogP contribution in [0, 0.1) is 12.8 Å². The summed E-state index contributed by atoms with van der Waals surface area (Å²) >= 11 is 0. The topological polar surface area (TPSA) is 105 Å². The molecule has 2 atom stereocenters. The van der Waals surface area contributed by atoms with Crippen LogP contribution in [0.1, 0.15) is 36.3 Å². The zero-order valence-corrected chi connectivity index (χ0v) is 16.8. The average molecular weight is 396 g/mol. The quantitative estimate of drug-likeness (QED) is 0.786. The van der Waals surface area contributed by atoms with Gasteiger partial charge in [0.05, 0.1) is 30.4 Å². The van der Waals surface area contributed by atoms with Gasteiger partial charge in [0.15, 0.2) is 0 Å². The van der Waals surface area contributed by atoms with E-state index in [9.17, 15) is 4.79 Å². The van der Waals surface area contributed by atoms with E-state index < -0.39 is 0 Å². The molecule has 2 bridgehead atoms. The fraction of sp³-hybridized carbons (Fsp3) is 0.600. The smallest absolute Gasteiger partial charge is 0.224 e. The number of aromatic nitrogens is 4. The summed E-state index contributed by atoms with van der Waals surface area (Å²) in [7, 11) is 0. The lowest BCUT2D eigenvalue weighted by Gasteiger charge is -2.28. The summed E-state index contributed by atoms with van der Waals surface area (Å²) in [6.07, 6.45) is 3.22. The minimum absolute atomic E-state index is 0.113. The number of nitrogens with one attached hydrogen (secondary N) is 1. The number of carbonyl (C=O) groups excluding carboxylic acids is 1. The van der Waals surface area contributed by atoms with E-state index in [1.165, 1.54) is 5.69 Å². The molecule has 5 heterocycles. The highest BCUT2D eigenvalue weighted by Gasteiger charge is 2.33. The zero-order chi connectivity index (χ0) is 20.0. The van der Waals surface area contributed by atoms with Crippen LogP contribution in [0.5, 0.6) is 0 Å². The van der Waals surface area contributed by atoms with Crippen molar-refractivity contribution in [2.24, 2.45) is 5.92 Å². The third-order valence-corrected chi connectivity index (χ3v) is 6.20. The van der Waals surface area contributed by atoms with Crippen molar-refractivity contribution >= 4 is 17.7 Å². The maximum absolute atomic E-state index is 12.3. The first-order valence-corrected chi connectivity index (χ1v) is 10.5. The Labute approximate surface area is 170 Å². The molecule has 0 aliphatic carbocycles. The van der Waals surface area contributed by atoms with E-state index in [2.05, 4.69) is 35.8 Å². The van der Waals surface area contributed by atoms with Crippen molar-refractivity contribution < 1.29 is 4.79 Å². The summed E-state index contributed by atoms with van der Waals surface area (Å²) in [6, 6.07) is 4.44. The van der Waals surface area contributed by atoms with Crippen molar-refractivity contribution in [1.29, 1.82) is 0 Å². The maximum Gasteiger partial charge on any atom is 0.224 e. The number of nitrogens with two attached hydrogens (primary N) is 1. The predicted molar refractivity (Wildman–Crippen MR) is 109 cm³/mol. The van der Waals surface area contributed by atoms with Gasteiger partial charge in [-0.1, -0.05) is 6.42 Å². The van der Waals surface area contributed by atoms with Gasteiger partial charge in [0.25, 0.3) is 0 Å². The van der Waals surface area contributed by atoms with Crippen molar-refractivity contribution in [1.82, 2.24) is 30.0 Å². The molecule has 9 nitrogen and oxygen atoms in total. The Balaban J connectivity index is 1.30. The van der Waals surface area contributed by atoms with Gasteiger partial charge >= 0.3 is 0 Å². The normalized spacial score (nSPS) is 24.7. The number of carbonyl (C=O) groups is 1. The van der Waals surface area contributed by atoms with Crippen LogP contribution in [-0.4, -0.2) is 56.2 Å². The molecule has 3 aliphatic rings. The lowest BCUT2D eigenvalue weighted by molar-refractivity contribution is -0.124. The van der Waals surface area contributed by atoms with Gasteiger partial charge in [-0.25, -0.2) is 4.98 Å². The molecule has 0 radical (unpaired) electrons. The molecule has 0 spiro atoms. The van der Waals surface area contributed by atoms with Gasteiger partial charge in [-0.3, -0.25) is 14.4 Å². The van der Waals surface area contributed by atoms with Gasteiger partial charge in [0.2, 0.25) is 11.9 Å². The summed E-state index contributed by atoms with van der Waals surface area (Å²) in [6.45, 7) is 6.89. The highest BCUT2D eigenvalue weighted by Crippen LogP contribution is 2.24. The second kappa shape index (κ2) is 7.29. The van der Waals surface area contributed by atoms with E-state index in [1.807, 2.05) is 13.0 Å². The predicted octanol–water partition coefficient (Wildman–Crippen LogP) is 0.684. The van der Waals surface area contributed by atoms with E-state index in [0.717, 1.165) is 75.7 Å². The summed E-state index contributed by atoms with van der Waals surface area (Å²) < 4.78 is 2.10. The molecule has 2 saturated heterocycles. The van der Waals surface area contributed by atoms with Gasteiger partial charge in [0.1, 0.15) is 5.82 Å². The number of likely N-dealkylation sites (tertiary alicyclic amines) is 1. The molecular weight excluding hydrogens is 368 g/mol. The molecule has 2 aromatic rings. The molecule has 2 aromatic heterocycles. The third kappa shape index (κ3) is 3.78. The fourth-order valence-corrected chi connectivity index (χ4v) is 4.84. The Morgan fingerprint density at radius 2 is 2.10 bits per heavy atom. The van der Waals surface area contributed by atoms with Gasteiger partial charge in [-0.2, -0.15) is 10.1 Å². The molecular formula is C20H28N8O. The number of rotatable bonds is 3. The first-order chi connectivity index (χ1) is 14.0. The number of fused-ring (bicyclic) bond motifs is 4. The SMILES string of the molecule is Cc1cc(N2CCn3nc(CN4C[C@H]5CCC[C@@H](C4)C(=O)N5)cc3C2)nc(N)n1. The van der Waals surface area contributed by atoms with Crippen LogP contribution < -0.4 is 16.0 Å². The Hall–Kier alpha value is -2.68. The molecule has 154 valence electrons. The first-order valence-electron chi connectivity index (χ1n) is 10.5. The Bertz CT molecular complexity index is 905. The monoisotopic (exact) mass is 396 g/mol. The van der Waals surface area contributed by atoms with Crippen molar-refractivity contribution in [2.75, 3.05) is 30.3 Å². The van der Waals surface area contributed by atoms with Crippen molar-refractivity contribution in [2.45, 2.75) is 51.9 Å². The molecule has 3 aliphatic heterocycles. The molecule has 2 fully saturated rings. The number of anilines is 2. The van der Waals surface area contributed by atoms with Crippen molar-refractivity contribution in [3.8, 4) is 0 Å². The van der Waals surface area contributed by atoms with Crippen molar-refractivity contribution in [3.63, 3.8) is 0 Å². The highest BCUT2D eigenvalue weighted by atomic mass is 16.2.